The molecule has 62 valence electrons. The third-order valence-electron chi connectivity index (χ3n) is 1.39. The van der Waals surface area contributed by atoms with Crippen LogP contribution >= 0.6 is 0 Å². The smallest absolute Gasteiger partial charge is 0.240 e. The zero-order valence-corrected chi connectivity index (χ0v) is 6.45. The van der Waals surface area contributed by atoms with Crippen LogP contribution in [0.25, 0.3) is 0 Å². The van der Waals surface area contributed by atoms with Crippen molar-refractivity contribution < 1.29 is 4.79 Å². The first-order chi connectivity index (χ1) is 5.86. The summed E-state index contributed by atoms with van der Waals surface area (Å²) in [6.45, 7) is 0.558. The van der Waals surface area contributed by atoms with E-state index in [-0.39, 0.29) is 0 Å². The second kappa shape index (κ2) is 4.41. The van der Waals surface area contributed by atoms with E-state index >= 15 is 0 Å². The standard InChI is InChI=1S/C8H9N3O/c9-11-5-7-2-1-3-8(4-7)10-6-12/h1-4,11H,5,9H2. The molecular formula is C8H9N3O. The van der Waals surface area contributed by atoms with Gasteiger partial charge < -0.3 is 0 Å². The number of nitrogens with two attached hydrogens (primary N) is 1. The van der Waals surface area contributed by atoms with Crippen LogP contribution in [-0.2, 0) is 11.3 Å². The van der Waals surface area contributed by atoms with Gasteiger partial charge >= 0.3 is 0 Å². The normalized spacial score (nSPS) is 9.08. The number of benzene rings is 1. The van der Waals surface area contributed by atoms with Crippen molar-refractivity contribution in [3.05, 3.63) is 29.8 Å². The molecule has 0 saturated heterocycles. The Balaban J connectivity index is 2.87. The van der Waals surface area contributed by atoms with Gasteiger partial charge in [0.25, 0.3) is 0 Å². The molecule has 0 bridgehead atoms. The van der Waals surface area contributed by atoms with E-state index in [9.17, 15) is 4.79 Å². The van der Waals surface area contributed by atoms with Crippen molar-refractivity contribution in [2.24, 2.45) is 10.8 Å². The first kappa shape index (κ1) is 8.62. The minimum Gasteiger partial charge on any atom is -0.271 e. The predicted molar refractivity (Wildman–Crippen MR) is 45.3 cm³/mol. The molecule has 0 atom stereocenters. The van der Waals surface area contributed by atoms with Crippen molar-refractivity contribution >= 4 is 11.8 Å². The number of hydrogen-bond acceptors (Lipinski definition) is 4. The highest BCUT2D eigenvalue weighted by molar-refractivity contribution is 5.49. The lowest BCUT2D eigenvalue weighted by molar-refractivity contribution is 0.565. The molecule has 0 aromatic heterocycles. The maximum Gasteiger partial charge on any atom is 0.240 e. The highest BCUT2D eigenvalue weighted by Crippen LogP contribution is 2.12. The molecule has 1 aromatic carbocycles. The molecule has 0 aliphatic rings. The Bertz CT molecular complexity index is 305. The topological polar surface area (TPSA) is 67.5 Å². The Hall–Kier alpha value is -1.48. The summed E-state index contributed by atoms with van der Waals surface area (Å²) in [5, 5.41) is 0. The third-order valence-corrected chi connectivity index (χ3v) is 1.39. The van der Waals surface area contributed by atoms with Crippen LogP contribution in [0.15, 0.2) is 29.3 Å². The zero-order chi connectivity index (χ0) is 8.81. The summed E-state index contributed by atoms with van der Waals surface area (Å²) in [6.07, 6.45) is 1.48. The van der Waals surface area contributed by atoms with Crippen molar-refractivity contribution in [1.82, 2.24) is 5.43 Å². The van der Waals surface area contributed by atoms with Crippen molar-refractivity contribution in [3.8, 4) is 0 Å². The number of carbonyl (C=O) groups excluding carboxylic acids is 1. The molecule has 1 aromatic rings. The molecule has 0 aliphatic carbocycles. The van der Waals surface area contributed by atoms with Gasteiger partial charge in [0.15, 0.2) is 0 Å². The van der Waals surface area contributed by atoms with Gasteiger partial charge in [0.1, 0.15) is 0 Å². The van der Waals surface area contributed by atoms with E-state index in [1.54, 1.807) is 12.1 Å². The number of rotatable bonds is 3. The number of hydrazine groups is 1. The van der Waals surface area contributed by atoms with E-state index in [0.29, 0.717) is 12.2 Å². The molecule has 0 fully saturated rings. The lowest BCUT2D eigenvalue weighted by atomic mass is 10.2. The quantitative estimate of drug-likeness (QED) is 0.297. The maximum absolute atomic E-state index is 9.91. The molecule has 3 N–H and O–H groups in total. The monoisotopic (exact) mass is 163 g/mol. The Morgan fingerprint density at radius 2 is 2.42 bits per heavy atom. The minimum absolute atomic E-state index is 0.558. The average molecular weight is 163 g/mol. The Labute approximate surface area is 70.1 Å². The molecular weight excluding hydrogens is 154 g/mol. The predicted octanol–water partition coefficient (Wildman–Crippen LogP) is 0.617. The van der Waals surface area contributed by atoms with Crippen LogP contribution in [0.2, 0.25) is 0 Å². The van der Waals surface area contributed by atoms with Crippen LogP contribution in [0, 0.1) is 0 Å². The molecule has 0 spiro atoms. The summed E-state index contributed by atoms with van der Waals surface area (Å²) in [6, 6.07) is 7.20. The highest BCUT2D eigenvalue weighted by Gasteiger charge is 1.92. The Morgan fingerprint density at radius 1 is 1.58 bits per heavy atom. The van der Waals surface area contributed by atoms with E-state index in [4.69, 9.17) is 5.84 Å². The molecule has 0 amide bonds. The van der Waals surface area contributed by atoms with Gasteiger partial charge in [0, 0.05) is 6.54 Å². The van der Waals surface area contributed by atoms with E-state index in [0.717, 1.165) is 5.56 Å². The number of hydrogen-bond donors (Lipinski definition) is 2. The van der Waals surface area contributed by atoms with Crippen LogP contribution in [0.3, 0.4) is 0 Å². The van der Waals surface area contributed by atoms with Gasteiger partial charge in [0.05, 0.1) is 5.69 Å². The summed E-state index contributed by atoms with van der Waals surface area (Å²) in [4.78, 5) is 13.4. The number of aliphatic imine (C=N–C) groups is 1. The fourth-order valence-electron chi connectivity index (χ4n) is 0.907. The Kier molecular flexibility index (Phi) is 3.17. The van der Waals surface area contributed by atoms with Gasteiger partial charge in [-0.25, -0.2) is 4.79 Å². The van der Waals surface area contributed by atoms with Crippen LogP contribution < -0.4 is 11.3 Å². The second-order valence-electron chi connectivity index (χ2n) is 2.25. The number of nitrogens with zero attached hydrogens (tertiary/aromatic N) is 1. The van der Waals surface area contributed by atoms with Crippen LogP contribution in [0.5, 0.6) is 0 Å². The summed E-state index contributed by atoms with van der Waals surface area (Å²) in [5.41, 5.74) is 4.09. The van der Waals surface area contributed by atoms with E-state index < -0.39 is 0 Å². The first-order valence-electron chi connectivity index (χ1n) is 3.47. The number of nitrogens with one attached hydrogen (secondary N) is 1. The van der Waals surface area contributed by atoms with Gasteiger partial charge in [-0.3, -0.25) is 11.3 Å². The summed E-state index contributed by atoms with van der Waals surface area (Å²) in [7, 11) is 0. The molecule has 4 nitrogen and oxygen atoms in total. The number of isocyanates is 1. The second-order valence-corrected chi connectivity index (χ2v) is 2.25. The molecule has 0 saturated carbocycles. The SMILES string of the molecule is NNCc1cccc(N=C=O)c1. The first-order valence-corrected chi connectivity index (χ1v) is 3.47. The van der Waals surface area contributed by atoms with E-state index in [1.165, 1.54) is 6.08 Å². The highest BCUT2D eigenvalue weighted by atomic mass is 16.1. The largest absolute Gasteiger partial charge is 0.271 e. The molecule has 0 radical (unpaired) electrons. The van der Waals surface area contributed by atoms with Crippen molar-refractivity contribution in [3.63, 3.8) is 0 Å². The van der Waals surface area contributed by atoms with Crippen LogP contribution in [0.1, 0.15) is 5.56 Å². The Morgan fingerprint density at radius 3 is 3.08 bits per heavy atom. The van der Waals surface area contributed by atoms with E-state index in [2.05, 4.69) is 10.4 Å². The van der Waals surface area contributed by atoms with Crippen LogP contribution in [0.4, 0.5) is 5.69 Å². The van der Waals surface area contributed by atoms with E-state index in [1.807, 2.05) is 12.1 Å². The van der Waals surface area contributed by atoms with Gasteiger partial charge in [-0.05, 0) is 17.7 Å². The molecule has 12 heavy (non-hydrogen) atoms. The third kappa shape index (κ3) is 2.29. The maximum atomic E-state index is 9.91. The van der Waals surface area contributed by atoms with Crippen LogP contribution in [-0.4, -0.2) is 6.08 Å². The lowest BCUT2D eigenvalue weighted by Crippen LogP contribution is -2.20. The molecule has 1 rings (SSSR count). The average Bonchev–Trinajstić information content (AvgIpc) is 2.06. The molecule has 0 aliphatic heterocycles. The summed E-state index contributed by atoms with van der Waals surface area (Å²) >= 11 is 0. The molecule has 4 heteroatoms. The fourth-order valence-corrected chi connectivity index (χ4v) is 0.907. The summed E-state index contributed by atoms with van der Waals surface area (Å²) in [5.74, 6) is 5.13. The zero-order valence-electron chi connectivity index (χ0n) is 6.45. The molecule has 0 unspecified atom stereocenters. The van der Waals surface area contributed by atoms with Crippen molar-refractivity contribution in [2.45, 2.75) is 6.54 Å². The van der Waals surface area contributed by atoms with Gasteiger partial charge in [-0.2, -0.15) is 4.99 Å². The minimum atomic E-state index is 0.558. The lowest BCUT2D eigenvalue weighted by Gasteiger charge is -1.98. The summed E-state index contributed by atoms with van der Waals surface area (Å²) < 4.78 is 0. The van der Waals surface area contributed by atoms with Crippen molar-refractivity contribution in [1.29, 1.82) is 0 Å². The van der Waals surface area contributed by atoms with Gasteiger partial charge in [-0.15, -0.1) is 0 Å². The van der Waals surface area contributed by atoms with Gasteiger partial charge in [-0.1, -0.05) is 12.1 Å². The molecule has 0 heterocycles. The fraction of sp³-hybridized carbons (Fsp3) is 0.125. The van der Waals surface area contributed by atoms with Crippen molar-refractivity contribution in [2.75, 3.05) is 0 Å². The van der Waals surface area contributed by atoms with Gasteiger partial charge in [0.2, 0.25) is 6.08 Å².